The molecule has 0 saturated carbocycles. The predicted octanol–water partition coefficient (Wildman–Crippen LogP) is 3.42. The molecule has 0 aliphatic carbocycles. The molecule has 1 fully saturated rings. The fourth-order valence-corrected chi connectivity index (χ4v) is 4.03. The van der Waals surface area contributed by atoms with Gasteiger partial charge in [-0.15, -0.1) is 0 Å². The molecule has 1 atom stereocenters. The Morgan fingerprint density at radius 3 is 2.67 bits per heavy atom. The van der Waals surface area contributed by atoms with Crippen molar-refractivity contribution in [3.63, 3.8) is 0 Å². The van der Waals surface area contributed by atoms with E-state index in [0.717, 1.165) is 0 Å². The van der Waals surface area contributed by atoms with E-state index in [1.165, 1.54) is 24.3 Å². The van der Waals surface area contributed by atoms with E-state index in [2.05, 4.69) is 5.16 Å². The molecule has 1 aromatic heterocycles. The fourth-order valence-electron chi connectivity index (χ4n) is 4.03. The maximum atomic E-state index is 13.3. The summed E-state index contributed by atoms with van der Waals surface area (Å²) in [6.45, 7) is 6.74. The first-order valence-corrected chi connectivity index (χ1v) is 10.1. The van der Waals surface area contributed by atoms with Crippen LogP contribution in [0.25, 0.3) is 0 Å². The summed E-state index contributed by atoms with van der Waals surface area (Å²) in [7, 11) is 0. The second kappa shape index (κ2) is 8.85. The van der Waals surface area contributed by atoms with Gasteiger partial charge in [0.1, 0.15) is 22.9 Å². The second-order valence-corrected chi connectivity index (χ2v) is 8.37. The van der Waals surface area contributed by atoms with E-state index >= 15 is 0 Å². The molecule has 0 bridgehead atoms. The van der Waals surface area contributed by atoms with Crippen molar-refractivity contribution in [3.05, 3.63) is 47.1 Å². The lowest BCUT2D eigenvalue weighted by atomic mass is 9.77. The van der Waals surface area contributed by atoms with Crippen LogP contribution in [0.4, 0.5) is 4.39 Å². The minimum atomic E-state index is -0.614. The van der Waals surface area contributed by atoms with E-state index in [4.69, 9.17) is 15.0 Å². The number of aromatic nitrogens is 1. The summed E-state index contributed by atoms with van der Waals surface area (Å²) in [5, 5.41) is 4.05. The van der Waals surface area contributed by atoms with E-state index < -0.39 is 11.3 Å². The number of hydrogen-bond donors (Lipinski definition) is 1. The largest absolute Gasteiger partial charge is 0.493 e. The number of halogens is 1. The topological polar surface area (TPSA) is 98.7 Å². The first kappa shape index (κ1) is 21.8. The molecule has 2 amide bonds. The number of carbonyl (C=O) groups is 2. The van der Waals surface area contributed by atoms with Crippen molar-refractivity contribution >= 4 is 11.8 Å². The number of carbonyl (C=O) groups excluding carboxylic acids is 2. The van der Waals surface area contributed by atoms with Crippen LogP contribution in [0.15, 0.2) is 28.8 Å². The standard InChI is InChI=1S/C22H28FN3O4/c1-14(2)20-19(15(3)30-25-20)21(28)26-10-4-9-22(12-26,11-18(24)27)13-29-17-7-5-16(23)6-8-17/h5-8,14H,4,9-13H2,1-3H3,(H2,24,27). The molecule has 1 unspecified atom stereocenters. The Hall–Kier alpha value is -2.90. The van der Waals surface area contributed by atoms with Gasteiger partial charge in [0.15, 0.2) is 0 Å². The Balaban J connectivity index is 1.81. The highest BCUT2D eigenvalue weighted by molar-refractivity contribution is 5.96. The molecule has 7 nitrogen and oxygen atoms in total. The number of aryl methyl sites for hydroxylation is 1. The van der Waals surface area contributed by atoms with Crippen LogP contribution in [-0.2, 0) is 4.79 Å². The number of hydrogen-bond acceptors (Lipinski definition) is 5. The van der Waals surface area contributed by atoms with Crippen LogP contribution in [0.5, 0.6) is 5.75 Å². The average Bonchev–Trinajstić information content (AvgIpc) is 3.08. The Kier molecular flexibility index (Phi) is 6.43. The number of likely N-dealkylation sites (tertiary alicyclic amines) is 1. The van der Waals surface area contributed by atoms with Gasteiger partial charge in [0.25, 0.3) is 5.91 Å². The third kappa shape index (κ3) is 4.80. The van der Waals surface area contributed by atoms with Crippen LogP contribution in [0.1, 0.15) is 60.8 Å². The van der Waals surface area contributed by atoms with E-state index in [1.54, 1.807) is 11.8 Å². The van der Waals surface area contributed by atoms with E-state index in [-0.39, 0.29) is 30.7 Å². The second-order valence-electron chi connectivity index (χ2n) is 8.37. The molecule has 8 heteroatoms. The van der Waals surface area contributed by atoms with Crippen molar-refractivity contribution in [1.29, 1.82) is 0 Å². The van der Waals surface area contributed by atoms with Gasteiger partial charge >= 0.3 is 0 Å². The van der Waals surface area contributed by atoms with Gasteiger partial charge in [0.2, 0.25) is 5.91 Å². The van der Waals surface area contributed by atoms with Crippen molar-refractivity contribution < 1.29 is 23.2 Å². The van der Waals surface area contributed by atoms with Crippen molar-refractivity contribution in [2.45, 2.75) is 46.0 Å². The van der Waals surface area contributed by atoms with Crippen molar-refractivity contribution in [1.82, 2.24) is 10.1 Å². The number of primary amides is 1. The maximum absolute atomic E-state index is 13.3. The lowest BCUT2D eigenvalue weighted by molar-refractivity contribution is -0.122. The predicted molar refractivity (Wildman–Crippen MR) is 109 cm³/mol. The number of ether oxygens (including phenoxy) is 1. The lowest BCUT2D eigenvalue weighted by Crippen LogP contribution is -2.50. The first-order chi connectivity index (χ1) is 14.2. The van der Waals surface area contributed by atoms with Gasteiger partial charge in [-0.2, -0.15) is 0 Å². The zero-order valence-corrected chi connectivity index (χ0v) is 17.6. The molecule has 0 spiro atoms. The zero-order chi connectivity index (χ0) is 21.9. The Bertz CT molecular complexity index is 910. The van der Waals surface area contributed by atoms with Crippen LogP contribution >= 0.6 is 0 Å². The van der Waals surface area contributed by atoms with Gasteiger partial charge in [-0.25, -0.2) is 4.39 Å². The molecule has 2 N–H and O–H groups in total. The van der Waals surface area contributed by atoms with Crippen LogP contribution < -0.4 is 10.5 Å². The third-order valence-corrected chi connectivity index (χ3v) is 5.51. The van der Waals surface area contributed by atoms with Gasteiger partial charge in [-0.05, 0) is 49.9 Å². The Morgan fingerprint density at radius 2 is 2.03 bits per heavy atom. The Morgan fingerprint density at radius 1 is 1.33 bits per heavy atom. The average molecular weight is 417 g/mol. The van der Waals surface area contributed by atoms with Crippen molar-refractivity contribution in [2.24, 2.45) is 11.1 Å². The van der Waals surface area contributed by atoms with Crippen molar-refractivity contribution in [3.8, 4) is 5.75 Å². The number of benzene rings is 1. The lowest BCUT2D eigenvalue weighted by Gasteiger charge is -2.42. The van der Waals surface area contributed by atoms with Gasteiger partial charge in [0, 0.05) is 24.9 Å². The van der Waals surface area contributed by atoms with Crippen LogP contribution in [0, 0.1) is 18.2 Å². The molecular formula is C22H28FN3O4. The molecule has 1 aliphatic rings. The van der Waals surface area contributed by atoms with E-state index in [1.807, 2.05) is 13.8 Å². The maximum Gasteiger partial charge on any atom is 0.259 e. The Labute approximate surface area is 175 Å². The highest BCUT2D eigenvalue weighted by Crippen LogP contribution is 2.36. The minimum Gasteiger partial charge on any atom is -0.493 e. The van der Waals surface area contributed by atoms with E-state index in [0.29, 0.717) is 48.7 Å². The SMILES string of the molecule is Cc1onc(C(C)C)c1C(=O)N1CCCC(COc2ccc(F)cc2)(CC(N)=O)C1. The number of amides is 2. The summed E-state index contributed by atoms with van der Waals surface area (Å²) in [5.74, 6) is 0.0684. The summed E-state index contributed by atoms with van der Waals surface area (Å²) in [4.78, 5) is 26.9. The molecular weight excluding hydrogens is 389 g/mol. The molecule has 0 radical (unpaired) electrons. The third-order valence-electron chi connectivity index (χ3n) is 5.51. The quantitative estimate of drug-likeness (QED) is 0.744. The normalized spacial score (nSPS) is 19.2. The highest BCUT2D eigenvalue weighted by atomic mass is 19.1. The smallest absolute Gasteiger partial charge is 0.259 e. The monoisotopic (exact) mass is 417 g/mol. The summed E-state index contributed by atoms with van der Waals surface area (Å²) < 4.78 is 24.3. The molecule has 3 rings (SSSR count). The number of rotatable bonds is 7. The van der Waals surface area contributed by atoms with Crippen LogP contribution in [0.2, 0.25) is 0 Å². The molecule has 1 saturated heterocycles. The van der Waals surface area contributed by atoms with Gasteiger partial charge in [0.05, 0.1) is 12.3 Å². The molecule has 1 aliphatic heterocycles. The number of nitrogens with two attached hydrogens (primary N) is 1. The van der Waals surface area contributed by atoms with Crippen molar-refractivity contribution in [2.75, 3.05) is 19.7 Å². The minimum absolute atomic E-state index is 0.0448. The molecule has 2 aromatic rings. The molecule has 30 heavy (non-hydrogen) atoms. The van der Waals surface area contributed by atoms with Crippen LogP contribution in [0.3, 0.4) is 0 Å². The number of piperidine rings is 1. The van der Waals surface area contributed by atoms with E-state index in [9.17, 15) is 14.0 Å². The molecule has 162 valence electrons. The van der Waals surface area contributed by atoms with Gasteiger partial charge in [-0.3, -0.25) is 9.59 Å². The zero-order valence-electron chi connectivity index (χ0n) is 17.6. The number of nitrogens with zero attached hydrogens (tertiary/aromatic N) is 2. The summed E-state index contributed by atoms with van der Waals surface area (Å²) in [6, 6.07) is 5.70. The summed E-state index contributed by atoms with van der Waals surface area (Å²) in [6.07, 6.45) is 1.51. The highest BCUT2D eigenvalue weighted by Gasteiger charge is 2.41. The summed E-state index contributed by atoms with van der Waals surface area (Å²) >= 11 is 0. The molecule has 1 aromatic carbocycles. The van der Waals surface area contributed by atoms with Gasteiger partial charge < -0.3 is 19.9 Å². The van der Waals surface area contributed by atoms with Crippen LogP contribution in [-0.4, -0.2) is 41.6 Å². The fraction of sp³-hybridized carbons (Fsp3) is 0.500. The van der Waals surface area contributed by atoms with Gasteiger partial charge in [-0.1, -0.05) is 19.0 Å². The summed E-state index contributed by atoms with van der Waals surface area (Å²) in [5.41, 5.74) is 6.03. The first-order valence-electron chi connectivity index (χ1n) is 10.1. The molecule has 2 heterocycles.